The molecule has 1 aromatic carbocycles. The van der Waals surface area contributed by atoms with E-state index < -0.39 is 0 Å². The highest BCUT2D eigenvalue weighted by atomic mass is 16.3. The van der Waals surface area contributed by atoms with Crippen LogP contribution in [0.5, 0.6) is 11.5 Å². The number of nitrogens with two attached hydrogens (primary N) is 1. The van der Waals surface area contributed by atoms with Crippen molar-refractivity contribution >= 4 is 30.0 Å². The average molecular weight is 468 g/mol. The molecule has 8 N–H and O–H groups in total. The Bertz CT molecular complexity index is 1120. The molecule has 0 spiro atoms. The number of hydrazone groups is 2. The van der Waals surface area contributed by atoms with Crippen molar-refractivity contribution in [3.63, 3.8) is 0 Å². The molecular weight excluding hydrogens is 438 g/mol. The minimum atomic E-state index is -0.292. The number of nitrogens with one attached hydrogen (secondary N) is 2. The molecule has 3 rings (SSSR count). The summed E-state index contributed by atoms with van der Waals surface area (Å²) in [6.45, 7) is 1.41. The number of nitrogen functional groups attached to an aromatic ring is 1. The molecule has 180 valence electrons. The fraction of sp³-hybridized carbons (Fsp3) is 0.304. The molecule has 0 bridgehead atoms. The van der Waals surface area contributed by atoms with Crippen molar-refractivity contribution in [1.29, 1.82) is 0 Å². The van der Waals surface area contributed by atoms with E-state index in [1.807, 2.05) is 6.08 Å². The summed E-state index contributed by atoms with van der Waals surface area (Å²) in [7, 11) is 0. The van der Waals surface area contributed by atoms with Crippen LogP contribution in [-0.2, 0) is 0 Å². The number of phenols is 2. The number of aromatic hydroxyl groups is 2. The van der Waals surface area contributed by atoms with Gasteiger partial charge in [-0.05, 0) is 37.8 Å². The fourth-order valence-electron chi connectivity index (χ4n) is 3.52. The van der Waals surface area contributed by atoms with Gasteiger partial charge in [-0.15, -0.1) is 0 Å². The number of rotatable bonds is 8. The highest BCUT2D eigenvalue weighted by Gasteiger charge is 2.14. The van der Waals surface area contributed by atoms with Crippen molar-refractivity contribution in [3.8, 4) is 11.5 Å². The number of anilines is 3. The second kappa shape index (κ2) is 11.5. The lowest BCUT2D eigenvalue weighted by Gasteiger charge is -2.19. The van der Waals surface area contributed by atoms with E-state index in [0.29, 0.717) is 17.1 Å². The van der Waals surface area contributed by atoms with Gasteiger partial charge >= 0.3 is 0 Å². The highest BCUT2D eigenvalue weighted by molar-refractivity contribution is 5.85. The van der Waals surface area contributed by atoms with E-state index in [1.54, 1.807) is 12.1 Å². The fourth-order valence-corrected chi connectivity index (χ4v) is 3.52. The zero-order chi connectivity index (χ0) is 24.5. The predicted molar refractivity (Wildman–Crippen MR) is 132 cm³/mol. The monoisotopic (exact) mass is 467 g/mol. The van der Waals surface area contributed by atoms with Crippen LogP contribution in [0.2, 0.25) is 0 Å². The molecule has 34 heavy (non-hydrogen) atoms. The molecule has 2 aromatic rings. The molecule has 0 amide bonds. The molecule has 1 saturated carbocycles. The number of allylic oxidation sites excluding steroid dienone is 3. The topological polar surface area (TPSA) is 182 Å². The van der Waals surface area contributed by atoms with Gasteiger partial charge in [-0.25, -0.2) is 0 Å². The zero-order valence-electron chi connectivity index (χ0n) is 18.8. The van der Waals surface area contributed by atoms with E-state index in [9.17, 15) is 20.4 Å². The van der Waals surface area contributed by atoms with Crippen LogP contribution in [0.1, 0.15) is 44.6 Å². The van der Waals surface area contributed by atoms with Gasteiger partial charge in [0.1, 0.15) is 5.76 Å². The average Bonchev–Trinajstić information content (AvgIpc) is 2.81. The van der Waals surface area contributed by atoms with Gasteiger partial charge in [-0.2, -0.15) is 20.2 Å². The molecule has 0 atom stereocenters. The van der Waals surface area contributed by atoms with E-state index >= 15 is 0 Å². The highest BCUT2D eigenvalue weighted by Crippen LogP contribution is 2.27. The van der Waals surface area contributed by atoms with E-state index in [-0.39, 0.29) is 40.6 Å². The largest absolute Gasteiger partial charge is 0.509 e. The molecule has 1 aliphatic carbocycles. The molecule has 0 unspecified atom stereocenters. The van der Waals surface area contributed by atoms with Crippen LogP contribution in [0.15, 0.2) is 57.6 Å². The van der Waals surface area contributed by atoms with Crippen LogP contribution in [-0.4, -0.2) is 42.8 Å². The van der Waals surface area contributed by atoms with Crippen molar-refractivity contribution in [2.75, 3.05) is 16.6 Å². The van der Waals surface area contributed by atoms with Crippen molar-refractivity contribution in [2.24, 2.45) is 16.1 Å². The Morgan fingerprint density at radius 3 is 2.41 bits per heavy atom. The third-order valence-corrected chi connectivity index (χ3v) is 5.24. The molecule has 11 nitrogen and oxygen atoms in total. The molecule has 0 radical (unpaired) electrons. The van der Waals surface area contributed by atoms with Gasteiger partial charge in [0.2, 0.25) is 5.95 Å². The molecule has 0 aliphatic heterocycles. The summed E-state index contributed by atoms with van der Waals surface area (Å²) in [5, 5.41) is 47.5. The van der Waals surface area contributed by atoms with E-state index in [2.05, 4.69) is 31.0 Å². The Hall–Kier alpha value is -4.28. The SMILES string of the molecule is C\C(O)=C(O)/C(=C\C1CCCCC1)/C=N/Nc1cc(N/N=C/c2cccc(O)c2O)nc(N)n1. The van der Waals surface area contributed by atoms with Gasteiger partial charge < -0.3 is 26.2 Å². The maximum atomic E-state index is 10.3. The quantitative estimate of drug-likeness (QED) is 0.0985. The van der Waals surface area contributed by atoms with Gasteiger partial charge in [-0.1, -0.05) is 31.4 Å². The van der Waals surface area contributed by atoms with Crippen LogP contribution < -0.4 is 16.6 Å². The first kappa shape index (κ1) is 24.4. The van der Waals surface area contributed by atoms with Crippen molar-refractivity contribution < 1.29 is 20.4 Å². The second-order valence-electron chi connectivity index (χ2n) is 7.91. The Morgan fingerprint density at radius 1 is 1.06 bits per heavy atom. The lowest BCUT2D eigenvalue weighted by molar-refractivity contribution is 0.336. The summed E-state index contributed by atoms with van der Waals surface area (Å²) in [5.41, 5.74) is 11.9. The standard InChI is InChI=1S/C23H29N7O4/c1-14(31)21(33)17(10-15-6-3-2-4-7-15)13-26-30-20-11-19(27-23(24)28-20)29-25-12-16-8-5-9-18(32)22(16)34/h5,8-13,15,31-34H,2-4,6-7H2,1H3,(H4,24,27,28,29,30)/b17-10-,21-14-,25-12+,26-13+. The molecule has 1 fully saturated rings. The summed E-state index contributed by atoms with van der Waals surface area (Å²) >= 11 is 0. The summed E-state index contributed by atoms with van der Waals surface area (Å²) in [6, 6.07) is 6.01. The minimum absolute atomic E-state index is 0.0370. The smallest absolute Gasteiger partial charge is 0.224 e. The Labute approximate surface area is 197 Å². The number of aromatic nitrogens is 2. The first-order valence-corrected chi connectivity index (χ1v) is 10.9. The third-order valence-electron chi connectivity index (χ3n) is 5.24. The first-order chi connectivity index (χ1) is 16.3. The molecule has 1 aromatic heterocycles. The van der Waals surface area contributed by atoms with Crippen molar-refractivity contribution in [2.45, 2.75) is 39.0 Å². The molecule has 1 heterocycles. The second-order valence-corrected chi connectivity index (χ2v) is 7.91. The predicted octanol–water partition coefficient (Wildman–Crippen LogP) is 4.17. The Balaban J connectivity index is 1.71. The summed E-state index contributed by atoms with van der Waals surface area (Å²) in [4.78, 5) is 8.07. The van der Waals surface area contributed by atoms with Crippen LogP contribution >= 0.6 is 0 Å². The number of hydrogen-bond acceptors (Lipinski definition) is 11. The van der Waals surface area contributed by atoms with Crippen molar-refractivity contribution in [1.82, 2.24) is 9.97 Å². The summed E-state index contributed by atoms with van der Waals surface area (Å²) in [6.07, 6.45) is 10.2. The van der Waals surface area contributed by atoms with Gasteiger partial charge in [0.15, 0.2) is 28.9 Å². The van der Waals surface area contributed by atoms with E-state index in [0.717, 1.165) is 25.7 Å². The third kappa shape index (κ3) is 6.86. The van der Waals surface area contributed by atoms with Crippen LogP contribution in [0.3, 0.4) is 0 Å². The van der Waals surface area contributed by atoms with Crippen LogP contribution in [0, 0.1) is 5.92 Å². The Kier molecular flexibility index (Phi) is 8.27. The number of benzene rings is 1. The van der Waals surface area contributed by atoms with Gasteiger partial charge in [-0.3, -0.25) is 10.9 Å². The van der Waals surface area contributed by atoms with Gasteiger partial charge in [0.05, 0.1) is 12.4 Å². The Morgan fingerprint density at radius 2 is 1.74 bits per heavy atom. The zero-order valence-corrected chi connectivity index (χ0v) is 18.8. The van der Waals surface area contributed by atoms with Gasteiger partial charge in [0, 0.05) is 17.2 Å². The van der Waals surface area contributed by atoms with Crippen molar-refractivity contribution in [3.05, 3.63) is 53.0 Å². The summed E-state index contributed by atoms with van der Waals surface area (Å²) < 4.78 is 0. The first-order valence-electron chi connectivity index (χ1n) is 10.9. The summed E-state index contributed by atoms with van der Waals surface area (Å²) in [5.74, 6) is -0.174. The normalized spacial score (nSPS) is 16.1. The maximum Gasteiger partial charge on any atom is 0.224 e. The number of para-hydroxylation sites is 1. The molecule has 1 aliphatic rings. The van der Waals surface area contributed by atoms with Crippen LogP contribution in [0.4, 0.5) is 17.6 Å². The van der Waals surface area contributed by atoms with E-state index in [4.69, 9.17) is 5.73 Å². The lowest BCUT2D eigenvalue weighted by Crippen LogP contribution is -2.07. The minimum Gasteiger partial charge on any atom is -0.509 e. The maximum absolute atomic E-state index is 10.3. The molecule has 11 heteroatoms. The number of nitrogens with zero attached hydrogens (tertiary/aromatic N) is 4. The van der Waals surface area contributed by atoms with Crippen LogP contribution in [0.25, 0.3) is 0 Å². The van der Waals surface area contributed by atoms with Gasteiger partial charge in [0.25, 0.3) is 0 Å². The number of phenolic OH excluding ortho intramolecular Hbond substituents is 2. The number of aliphatic hydroxyl groups excluding tert-OH is 2. The number of aliphatic hydroxyl groups is 2. The van der Waals surface area contributed by atoms with E-state index in [1.165, 1.54) is 37.9 Å². The lowest BCUT2D eigenvalue weighted by atomic mass is 9.87. The number of hydrogen-bond donors (Lipinski definition) is 7. The molecular formula is C23H29N7O4. The molecule has 0 saturated heterocycles.